The van der Waals surface area contributed by atoms with E-state index in [0.717, 1.165) is 12.5 Å². The van der Waals surface area contributed by atoms with Crippen LogP contribution < -0.4 is 5.73 Å². The summed E-state index contributed by atoms with van der Waals surface area (Å²) in [6.07, 6.45) is 5.50. The number of hydrogen-bond donors (Lipinski definition) is 1. The third kappa shape index (κ3) is 3.58. The topological polar surface area (TPSA) is 29.3 Å². The minimum absolute atomic E-state index is 0.352. The maximum absolute atomic E-state index is 6.12. The van der Waals surface area contributed by atoms with Crippen molar-refractivity contribution >= 4 is 0 Å². The zero-order chi connectivity index (χ0) is 10.6. The fourth-order valence-corrected chi connectivity index (χ4v) is 2.03. The van der Waals surface area contributed by atoms with Gasteiger partial charge in [0.2, 0.25) is 0 Å². The molecule has 14 heavy (non-hydrogen) atoms. The molecule has 0 heterocycles. The van der Waals surface area contributed by atoms with Crippen LogP contribution >= 0.6 is 0 Å². The Bertz CT molecular complexity index is 154. The predicted molar refractivity (Wildman–Crippen MR) is 62.3 cm³/mol. The van der Waals surface area contributed by atoms with Gasteiger partial charge in [0.1, 0.15) is 0 Å². The van der Waals surface area contributed by atoms with Crippen molar-refractivity contribution in [3.05, 3.63) is 0 Å². The highest BCUT2D eigenvalue weighted by atomic mass is 15.1. The molecule has 2 unspecified atom stereocenters. The van der Waals surface area contributed by atoms with Crippen LogP contribution in [0.5, 0.6) is 0 Å². The van der Waals surface area contributed by atoms with Gasteiger partial charge in [-0.15, -0.1) is 0 Å². The Morgan fingerprint density at radius 3 is 2.50 bits per heavy atom. The first-order valence-corrected chi connectivity index (χ1v) is 6.07. The molecule has 0 saturated heterocycles. The first-order valence-electron chi connectivity index (χ1n) is 6.07. The van der Waals surface area contributed by atoms with Crippen molar-refractivity contribution in [2.75, 3.05) is 20.1 Å². The summed E-state index contributed by atoms with van der Waals surface area (Å²) in [4.78, 5) is 2.42. The maximum Gasteiger partial charge on any atom is 0.0193 e. The summed E-state index contributed by atoms with van der Waals surface area (Å²) in [5, 5.41) is 0. The summed E-state index contributed by atoms with van der Waals surface area (Å²) >= 11 is 0. The highest BCUT2D eigenvalue weighted by molar-refractivity contribution is 4.76. The average molecular weight is 198 g/mol. The van der Waals surface area contributed by atoms with E-state index >= 15 is 0 Å². The van der Waals surface area contributed by atoms with Crippen LogP contribution in [0.4, 0.5) is 0 Å². The van der Waals surface area contributed by atoms with E-state index in [2.05, 4.69) is 25.8 Å². The fourth-order valence-electron chi connectivity index (χ4n) is 2.03. The molecule has 0 aromatic rings. The van der Waals surface area contributed by atoms with Crippen molar-refractivity contribution in [3.8, 4) is 0 Å². The number of nitrogens with zero attached hydrogens (tertiary/aromatic N) is 1. The SMILES string of the molecule is CCC(C)C(N)CN(C)CC1CCC1. The van der Waals surface area contributed by atoms with Crippen molar-refractivity contribution in [1.29, 1.82) is 0 Å². The molecule has 0 radical (unpaired) electrons. The Morgan fingerprint density at radius 1 is 1.43 bits per heavy atom. The van der Waals surface area contributed by atoms with Gasteiger partial charge >= 0.3 is 0 Å². The number of hydrogen-bond acceptors (Lipinski definition) is 2. The van der Waals surface area contributed by atoms with E-state index in [4.69, 9.17) is 5.73 Å². The minimum atomic E-state index is 0.352. The van der Waals surface area contributed by atoms with Crippen LogP contribution in [0, 0.1) is 11.8 Å². The van der Waals surface area contributed by atoms with Gasteiger partial charge in [-0.3, -0.25) is 0 Å². The fraction of sp³-hybridized carbons (Fsp3) is 1.00. The van der Waals surface area contributed by atoms with Crippen LogP contribution in [0.15, 0.2) is 0 Å². The maximum atomic E-state index is 6.12. The van der Waals surface area contributed by atoms with Gasteiger partial charge in [-0.05, 0) is 31.7 Å². The lowest BCUT2D eigenvalue weighted by atomic mass is 9.85. The van der Waals surface area contributed by atoms with Crippen LogP contribution in [-0.4, -0.2) is 31.1 Å². The molecule has 1 aliphatic carbocycles. The molecule has 0 amide bonds. The van der Waals surface area contributed by atoms with Gasteiger partial charge in [-0.2, -0.15) is 0 Å². The molecular weight excluding hydrogens is 172 g/mol. The number of likely N-dealkylation sites (N-methyl/N-ethyl adjacent to an activating group) is 1. The molecule has 0 aromatic heterocycles. The van der Waals surface area contributed by atoms with Crippen LogP contribution in [0.25, 0.3) is 0 Å². The summed E-state index contributed by atoms with van der Waals surface area (Å²) in [5.74, 6) is 1.61. The minimum Gasteiger partial charge on any atom is -0.326 e. The molecule has 84 valence electrons. The summed E-state index contributed by atoms with van der Waals surface area (Å²) in [6.45, 7) is 6.79. The lowest BCUT2D eigenvalue weighted by Crippen LogP contribution is -2.42. The molecule has 2 heteroatoms. The van der Waals surface area contributed by atoms with Crippen LogP contribution in [0.2, 0.25) is 0 Å². The van der Waals surface area contributed by atoms with E-state index in [0.29, 0.717) is 12.0 Å². The molecule has 0 aliphatic heterocycles. The van der Waals surface area contributed by atoms with Crippen LogP contribution in [0.3, 0.4) is 0 Å². The Hall–Kier alpha value is -0.0800. The second-order valence-corrected chi connectivity index (χ2v) is 5.07. The van der Waals surface area contributed by atoms with Gasteiger partial charge in [-0.1, -0.05) is 26.7 Å². The first kappa shape index (κ1) is 12.0. The van der Waals surface area contributed by atoms with E-state index in [9.17, 15) is 0 Å². The van der Waals surface area contributed by atoms with Crippen molar-refractivity contribution in [3.63, 3.8) is 0 Å². The summed E-state index contributed by atoms with van der Waals surface area (Å²) in [7, 11) is 2.21. The molecule has 1 saturated carbocycles. The third-order valence-corrected chi connectivity index (χ3v) is 3.69. The van der Waals surface area contributed by atoms with Crippen molar-refractivity contribution in [2.24, 2.45) is 17.6 Å². The molecule has 0 bridgehead atoms. The molecule has 0 spiro atoms. The van der Waals surface area contributed by atoms with Crippen molar-refractivity contribution in [2.45, 2.75) is 45.6 Å². The van der Waals surface area contributed by atoms with E-state index in [-0.39, 0.29) is 0 Å². The average Bonchev–Trinajstić information content (AvgIpc) is 2.10. The number of nitrogens with two attached hydrogens (primary N) is 1. The Morgan fingerprint density at radius 2 is 2.07 bits per heavy atom. The van der Waals surface area contributed by atoms with Crippen LogP contribution in [0.1, 0.15) is 39.5 Å². The van der Waals surface area contributed by atoms with Gasteiger partial charge in [0.25, 0.3) is 0 Å². The molecule has 1 rings (SSSR count). The summed E-state index contributed by atoms with van der Waals surface area (Å²) in [6, 6.07) is 0.352. The lowest BCUT2D eigenvalue weighted by molar-refractivity contribution is 0.187. The Kier molecular flexibility index (Phi) is 4.90. The number of rotatable bonds is 6. The quantitative estimate of drug-likeness (QED) is 0.708. The Labute approximate surface area is 88.8 Å². The van der Waals surface area contributed by atoms with Gasteiger partial charge in [0.05, 0.1) is 0 Å². The van der Waals surface area contributed by atoms with Crippen molar-refractivity contribution < 1.29 is 0 Å². The second-order valence-electron chi connectivity index (χ2n) is 5.07. The van der Waals surface area contributed by atoms with Crippen LogP contribution in [-0.2, 0) is 0 Å². The predicted octanol–water partition coefficient (Wildman–Crippen LogP) is 2.09. The standard InChI is InChI=1S/C12H26N2/c1-4-10(2)12(13)9-14(3)8-11-6-5-7-11/h10-12H,4-9,13H2,1-3H3. The smallest absolute Gasteiger partial charge is 0.0193 e. The zero-order valence-electron chi connectivity index (χ0n) is 10.00. The largest absolute Gasteiger partial charge is 0.326 e. The van der Waals surface area contributed by atoms with E-state index in [1.54, 1.807) is 0 Å². The highest BCUT2D eigenvalue weighted by Crippen LogP contribution is 2.26. The monoisotopic (exact) mass is 198 g/mol. The zero-order valence-corrected chi connectivity index (χ0v) is 10.00. The van der Waals surface area contributed by atoms with E-state index < -0.39 is 0 Å². The molecule has 2 nitrogen and oxygen atoms in total. The first-order chi connectivity index (χ1) is 6.63. The van der Waals surface area contributed by atoms with Gasteiger partial charge in [-0.25, -0.2) is 0 Å². The Balaban J connectivity index is 2.14. The van der Waals surface area contributed by atoms with E-state index in [1.165, 1.54) is 32.2 Å². The van der Waals surface area contributed by atoms with Gasteiger partial charge in [0.15, 0.2) is 0 Å². The highest BCUT2D eigenvalue weighted by Gasteiger charge is 2.20. The van der Waals surface area contributed by atoms with E-state index in [1.807, 2.05) is 0 Å². The van der Waals surface area contributed by atoms with Gasteiger partial charge in [0, 0.05) is 19.1 Å². The van der Waals surface area contributed by atoms with Crippen molar-refractivity contribution in [1.82, 2.24) is 4.90 Å². The van der Waals surface area contributed by atoms with Gasteiger partial charge < -0.3 is 10.6 Å². The lowest BCUT2D eigenvalue weighted by Gasteiger charge is -2.32. The normalized spacial score (nSPS) is 22.1. The summed E-state index contributed by atoms with van der Waals surface area (Å²) in [5.41, 5.74) is 6.12. The summed E-state index contributed by atoms with van der Waals surface area (Å²) < 4.78 is 0. The molecule has 2 atom stereocenters. The second kappa shape index (κ2) is 5.72. The molecule has 0 aromatic carbocycles. The molecule has 1 aliphatic rings. The molecular formula is C12H26N2. The molecule has 1 fully saturated rings. The third-order valence-electron chi connectivity index (χ3n) is 3.69. The molecule has 2 N–H and O–H groups in total.